The molecule has 0 aliphatic carbocycles. The van der Waals surface area contributed by atoms with Crippen LogP contribution in [-0.4, -0.2) is 38.6 Å². The summed E-state index contributed by atoms with van der Waals surface area (Å²) in [7, 11) is 0. The molecule has 0 fully saturated rings. The third-order valence-corrected chi connectivity index (χ3v) is 2.27. The van der Waals surface area contributed by atoms with Crippen molar-refractivity contribution in [1.82, 2.24) is 15.1 Å². The van der Waals surface area contributed by atoms with Crippen molar-refractivity contribution in [3.05, 3.63) is 17.5 Å². The molecule has 0 spiro atoms. The van der Waals surface area contributed by atoms with Crippen LogP contribution in [0.15, 0.2) is 6.20 Å². The molecule has 2 N–H and O–H groups in total. The van der Waals surface area contributed by atoms with Gasteiger partial charge >= 0.3 is 11.9 Å². The fourth-order valence-corrected chi connectivity index (χ4v) is 1.53. The van der Waals surface area contributed by atoms with E-state index in [0.717, 1.165) is 11.3 Å². The second-order valence-corrected chi connectivity index (χ2v) is 3.16. The molecular weight excluding hydrogens is 186 g/mol. The number of H-pyrrole nitrogens is 1. The lowest BCUT2D eigenvalue weighted by atomic mass is 10.1. The summed E-state index contributed by atoms with van der Waals surface area (Å²) in [5.74, 6) is -2.26. The van der Waals surface area contributed by atoms with Gasteiger partial charge in [-0.25, -0.2) is 4.79 Å². The summed E-state index contributed by atoms with van der Waals surface area (Å²) >= 11 is 0. The Morgan fingerprint density at radius 2 is 2.36 bits per heavy atom. The van der Waals surface area contributed by atoms with Crippen molar-refractivity contribution in [3.8, 4) is 0 Å². The van der Waals surface area contributed by atoms with Gasteiger partial charge in [-0.2, -0.15) is 5.10 Å². The third-order valence-electron chi connectivity index (χ3n) is 2.27. The molecule has 14 heavy (non-hydrogen) atoms. The van der Waals surface area contributed by atoms with E-state index in [1.807, 2.05) is 0 Å². The Morgan fingerprint density at radius 1 is 1.57 bits per heavy atom. The summed E-state index contributed by atoms with van der Waals surface area (Å²) in [6, 6.07) is 0. The van der Waals surface area contributed by atoms with Crippen LogP contribution in [0.5, 0.6) is 0 Å². The lowest BCUT2D eigenvalue weighted by molar-refractivity contribution is -0.156. The zero-order valence-electron chi connectivity index (χ0n) is 7.36. The molecule has 0 saturated carbocycles. The summed E-state index contributed by atoms with van der Waals surface area (Å²) in [6.07, 6.45) is 2.25. The molecule has 2 heterocycles. The number of carboxylic acids is 1. The first kappa shape index (κ1) is 8.74. The van der Waals surface area contributed by atoms with Crippen molar-refractivity contribution in [2.75, 3.05) is 6.54 Å². The molecule has 6 heteroatoms. The number of nitrogens with zero attached hydrogens (tertiary/aromatic N) is 2. The Morgan fingerprint density at radius 3 is 3.07 bits per heavy atom. The molecule has 1 aromatic heterocycles. The number of aromatic nitrogens is 2. The molecule has 0 radical (unpaired) electrons. The molecule has 1 amide bonds. The summed E-state index contributed by atoms with van der Waals surface area (Å²) in [6.45, 7) is 0.761. The normalized spacial score (nSPS) is 15.0. The summed E-state index contributed by atoms with van der Waals surface area (Å²) < 4.78 is 0. The van der Waals surface area contributed by atoms with Crippen molar-refractivity contribution in [2.45, 2.75) is 13.0 Å². The van der Waals surface area contributed by atoms with E-state index in [0.29, 0.717) is 19.5 Å². The highest BCUT2D eigenvalue weighted by Gasteiger charge is 2.25. The van der Waals surface area contributed by atoms with Crippen LogP contribution in [0.3, 0.4) is 0 Å². The zero-order valence-corrected chi connectivity index (χ0v) is 7.36. The van der Waals surface area contributed by atoms with Crippen LogP contribution in [-0.2, 0) is 22.6 Å². The number of fused-ring (bicyclic) bond motifs is 1. The number of rotatable bonds is 0. The van der Waals surface area contributed by atoms with Crippen molar-refractivity contribution in [1.29, 1.82) is 0 Å². The molecule has 0 atom stereocenters. The van der Waals surface area contributed by atoms with Gasteiger partial charge in [0, 0.05) is 30.8 Å². The molecule has 0 bridgehead atoms. The quantitative estimate of drug-likeness (QED) is 0.540. The van der Waals surface area contributed by atoms with Gasteiger partial charge in [-0.3, -0.25) is 9.89 Å². The lowest BCUT2D eigenvalue weighted by Crippen LogP contribution is -2.39. The highest BCUT2D eigenvalue weighted by atomic mass is 16.4. The van der Waals surface area contributed by atoms with E-state index >= 15 is 0 Å². The second kappa shape index (κ2) is 3.13. The lowest BCUT2D eigenvalue weighted by Gasteiger charge is -2.24. The van der Waals surface area contributed by atoms with Crippen molar-refractivity contribution in [3.63, 3.8) is 0 Å². The maximum absolute atomic E-state index is 11.1. The maximum Gasteiger partial charge on any atom is 0.394 e. The number of nitrogens with one attached hydrogen (secondary N) is 1. The summed E-state index contributed by atoms with van der Waals surface area (Å²) in [5.41, 5.74) is 1.88. The average molecular weight is 195 g/mol. The minimum atomic E-state index is -1.41. The second-order valence-electron chi connectivity index (χ2n) is 3.16. The van der Waals surface area contributed by atoms with Gasteiger partial charge in [0.15, 0.2) is 0 Å². The molecule has 2 rings (SSSR count). The molecule has 1 aliphatic rings. The molecule has 1 aromatic rings. The van der Waals surface area contributed by atoms with Gasteiger partial charge < -0.3 is 10.0 Å². The van der Waals surface area contributed by atoms with E-state index in [4.69, 9.17) is 5.11 Å². The van der Waals surface area contributed by atoms with Gasteiger partial charge in [-0.15, -0.1) is 0 Å². The zero-order chi connectivity index (χ0) is 10.1. The Kier molecular flexibility index (Phi) is 1.95. The summed E-state index contributed by atoms with van der Waals surface area (Å²) in [5, 5.41) is 15.2. The minimum absolute atomic E-state index is 0.330. The molecule has 0 unspecified atom stereocenters. The Balaban J connectivity index is 2.15. The van der Waals surface area contributed by atoms with Gasteiger partial charge in [0.05, 0.1) is 6.20 Å². The van der Waals surface area contributed by atoms with Crippen LogP contribution in [0.1, 0.15) is 11.3 Å². The number of hydrogen-bond acceptors (Lipinski definition) is 3. The van der Waals surface area contributed by atoms with E-state index < -0.39 is 11.9 Å². The van der Waals surface area contributed by atoms with Crippen LogP contribution < -0.4 is 0 Å². The molecule has 0 saturated heterocycles. The monoisotopic (exact) mass is 195 g/mol. The molecule has 0 aromatic carbocycles. The molecular formula is C8H9N3O3. The number of amides is 1. The fourth-order valence-electron chi connectivity index (χ4n) is 1.53. The van der Waals surface area contributed by atoms with E-state index in [1.165, 1.54) is 4.90 Å². The standard InChI is InChI=1S/C8H9N3O3/c12-7(8(13)14)11-2-1-6-5(4-11)3-9-10-6/h3H,1-2,4H2,(H,9,10)(H,13,14). The van der Waals surface area contributed by atoms with Crippen molar-refractivity contribution in [2.24, 2.45) is 0 Å². The van der Waals surface area contributed by atoms with Crippen LogP contribution in [0.2, 0.25) is 0 Å². The highest BCUT2D eigenvalue weighted by molar-refractivity contribution is 6.31. The largest absolute Gasteiger partial charge is 0.474 e. The third kappa shape index (κ3) is 1.34. The first-order valence-electron chi connectivity index (χ1n) is 4.22. The van der Waals surface area contributed by atoms with Gasteiger partial charge in [0.1, 0.15) is 0 Å². The molecule has 1 aliphatic heterocycles. The highest BCUT2D eigenvalue weighted by Crippen LogP contribution is 2.15. The number of hydrogen-bond donors (Lipinski definition) is 2. The van der Waals surface area contributed by atoms with Crippen LogP contribution >= 0.6 is 0 Å². The van der Waals surface area contributed by atoms with Gasteiger partial charge in [-0.1, -0.05) is 0 Å². The Labute approximate surface area is 79.5 Å². The van der Waals surface area contributed by atoms with Crippen LogP contribution in [0, 0.1) is 0 Å². The maximum atomic E-state index is 11.1. The Hall–Kier alpha value is -1.85. The molecule has 6 nitrogen and oxygen atoms in total. The van der Waals surface area contributed by atoms with E-state index in [9.17, 15) is 9.59 Å². The fraction of sp³-hybridized carbons (Fsp3) is 0.375. The first-order valence-corrected chi connectivity index (χ1v) is 4.22. The smallest absolute Gasteiger partial charge is 0.394 e. The van der Waals surface area contributed by atoms with Crippen molar-refractivity contribution < 1.29 is 14.7 Å². The van der Waals surface area contributed by atoms with Gasteiger partial charge in [0.25, 0.3) is 0 Å². The number of carboxylic acid groups (broad SMARTS) is 1. The van der Waals surface area contributed by atoms with Crippen LogP contribution in [0.4, 0.5) is 0 Å². The first-order chi connectivity index (χ1) is 6.68. The predicted octanol–water partition coefficient (Wildman–Crippen LogP) is -0.621. The van der Waals surface area contributed by atoms with Gasteiger partial charge in [-0.05, 0) is 0 Å². The van der Waals surface area contributed by atoms with Gasteiger partial charge in [0.2, 0.25) is 0 Å². The minimum Gasteiger partial charge on any atom is -0.474 e. The van der Waals surface area contributed by atoms with E-state index in [2.05, 4.69) is 10.2 Å². The number of carbonyl (C=O) groups is 2. The number of carbonyl (C=O) groups excluding carboxylic acids is 1. The Bertz CT molecular complexity index is 385. The topological polar surface area (TPSA) is 86.3 Å². The number of aromatic amines is 1. The number of aliphatic carboxylic acids is 1. The predicted molar refractivity (Wildman–Crippen MR) is 45.3 cm³/mol. The van der Waals surface area contributed by atoms with Crippen LogP contribution in [0.25, 0.3) is 0 Å². The average Bonchev–Trinajstić information content (AvgIpc) is 2.62. The van der Waals surface area contributed by atoms with Crippen molar-refractivity contribution >= 4 is 11.9 Å². The SMILES string of the molecule is O=C(O)C(=O)N1CCc2[nH]ncc2C1. The summed E-state index contributed by atoms with van der Waals surface area (Å²) in [4.78, 5) is 22.9. The molecule has 74 valence electrons. The van der Waals surface area contributed by atoms with E-state index in [-0.39, 0.29) is 0 Å². The van der Waals surface area contributed by atoms with E-state index in [1.54, 1.807) is 6.20 Å².